The van der Waals surface area contributed by atoms with Crippen LogP contribution in [0.5, 0.6) is 0 Å². The topological polar surface area (TPSA) is 46.6 Å². The van der Waals surface area contributed by atoms with Gasteiger partial charge in [-0.25, -0.2) is 4.90 Å². The van der Waals surface area contributed by atoms with E-state index in [0.717, 1.165) is 0 Å². The summed E-state index contributed by atoms with van der Waals surface area (Å²) in [6.45, 7) is 7.79. The third-order valence-corrected chi connectivity index (χ3v) is 4.53. The molecule has 0 aromatic heterocycles. The zero-order valence-electron chi connectivity index (χ0n) is 16.0. The predicted octanol–water partition coefficient (Wildman–Crippen LogP) is 5.14. The molecule has 3 unspecified atom stereocenters. The molecule has 0 bridgehead atoms. The number of ether oxygens (including phenoxy) is 1. The first-order valence-corrected chi connectivity index (χ1v) is 8.65. The van der Waals surface area contributed by atoms with Gasteiger partial charge in [0.05, 0.1) is 28.7 Å². The summed E-state index contributed by atoms with van der Waals surface area (Å²) in [6, 6.07) is 9.07. The van der Waals surface area contributed by atoms with Crippen LogP contribution in [0.4, 0.5) is 18.9 Å². The second kappa shape index (κ2) is 8.07. The van der Waals surface area contributed by atoms with Gasteiger partial charge >= 0.3 is 6.18 Å². The number of hydrogen-bond donors (Lipinski definition) is 0. The lowest BCUT2D eigenvalue weighted by molar-refractivity contribution is -0.138. The molecule has 2 heterocycles. The van der Waals surface area contributed by atoms with Crippen LogP contribution < -0.4 is 4.90 Å². The summed E-state index contributed by atoms with van der Waals surface area (Å²) in [5, 5.41) is 0. The van der Waals surface area contributed by atoms with E-state index in [0.29, 0.717) is 5.69 Å². The van der Waals surface area contributed by atoms with Crippen LogP contribution in [-0.4, -0.2) is 29.2 Å². The van der Waals surface area contributed by atoms with Crippen LogP contribution >= 0.6 is 0 Å². The molecule has 3 atom stereocenters. The van der Waals surface area contributed by atoms with Gasteiger partial charge in [0.1, 0.15) is 0 Å². The second-order valence-corrected chi connectivity index (χ2v) is 7.62. The Balaban J connectivity index is 0.000000584. The average molecular weight is 399 g/mol. The van der Waals surface area contributed by atoms with Crippen LogP contribution in [0.3, 0.4) is 0 Å². The summed E-state index contributed by atoms with van der Waals surface area (Å²) in [5.74, 6) is -1.26. The third-order valence-electron chi connectivity index (χ3n) is 4.53. The van der Waals surface area contributed by atoms with Gasteiger partial charge in [-0.05, 0) is 32.9 Å². The molecule has 2 aliphatic rings. The van der Waals surface area contributed by atoms with Gasteiger partial charge in [0.2, 0.25) is 11.8 Å². The number of hydrogen-bond acceptors (Lipinski definition) is 3. The molecule has 2 amide bonds. The van der Waals surface area contributed by atoms with Gasteiger partial charge in [-0.3, -0.25) is 9.59 Å². The van der Waals surface area contributed by atoms with E-state index >= 15 is 0 Å². The van der Waals surface area contributed by atoms with Crippen molar-refractivity contribution in [2.45, 2.75) is 59.4 Å². The largest absolute Gasteiger partial charge is 0.386 e. The first-order valence-electron chi connectivity index (χ1n) is 8.65. The first-order chi connectivity index (χ1) is 12.3. The number of halogens is 3. The molecule has 1 fully saturated rings. The van der Waals surface area contributed by atoms with Crippen molar-refractivity contribution in [3.8, 4) is 0 Å². The molecule has 1 aromatic carbocycles. The Hall–Kier alpha value is -2.15. The highest BCUT2D eigenvalue weighted by molar-refractivity contribution is 6.22. The van der Waals surface area contributed by atoms with Gasteiger partial charge in [-0.15, -0.1) is 0 Å². The molecule has 28 heavy (non-hydrogen) atoms. The molecule has 0 radical (unpaired) electrons. The van der Waals surface area contributed by atoms with Crippen LogP contribution in [0.1, 0.15) is 42.0 Å². The summed E-state index contributed by atoms with van der Waals surface area (Å²) < 4.78 is 37.1. The van der Waals surface area contributed by atoms with E-state index in [1.807, 2.05) is 58.0 Å². The lowest BCUT2D eigenvalue weighted by atomic mass is 9.82. The van der Waals surface area contributed by atoms with E-state index in [2.05, 4.69) is 0 Å². The Bertz CT molecular complexity index is 737. The van der Waals surface area contributed by atoms with Crippen molar-refractivity contribution in [2.75, 3.05) is 4.90 Å². The van der Waals surface area contributed by atoms with Gasteiger partial charge < -0.3 is 4.74 Å². The third kappa shape index (κ3) is 5.22. The molecule has 2 aliphatic heterocycles. The molecule has 1 aromatic rings. The van der Waals surface area contributed by atoms with Crippen molar-refractivity contribution in [3.63, 3.8) is 0 Å². The number of benzene rings is 1. The number of alkyl halides is 3. The van der Waals surface area contributed by atoms with Gasteiger partial charge in [0.15, 0.2) is 0 Å². The van der Waals surface area contributed by atoms with Gasteiger partial charge in [0, 0.05) is 6.92 Å². The molecule has 4 nitrogen and oxygen atoms in total. The van der Waals surface area contributed by atoms with E-state index < -0.39 is 29.2 Å². The van der Waals surface area contributed by atoms with E-state index in [4.69, 9.17) is 4.74 Å². The van der Waals surface area contributed by atoms with Crippen LogP contribution in [0.2, 0.25) is 0 Å². The summed E-state index contributed by atoms with van der Waals surface area (Å²) in [6.07, 6.45) is -0.115. The minimum Gasteiger partial charge on any atom is -0.360 e. The van der Waals surface area contributed by atoms with E-state index in [9.17, 15) is 22.8 Å². The lowest BCUT2D eigenvalue weighted by Crippen LogP contribution is -2.43. The molecule has 3 rings (SSSR count). The summed E-state index contributed by atoms with van der Waals surface area (Å²) >= 11 is 0. The second-order valence-electron chi connectivity index (χ2n) is 7.62. The Kier molecular flexibility index (Phi) is 6.89. The van der Waals surface area contributed by atoms with E-state index in [-0.39, 0.29) is 26.2 Å². The molecule has 0 aliphatic carbocycles. The zero-order valence-corrected chi connectivity index (χ0v) is 16.0. The first kappa shape index (κ1) is 23.9. The Morgan fingerprint density at radius 1 is 1.00 bits per heavy atom. The van der Waals surface area contributed by atoms with Crippen molar-refractivity contribution in [2.24, 2.45) is 11.8 Å². The maximum Gasteiger partial charge on any atom is 0.386 e. The molecule has 0 saturated carbocycles. The van der Waals surface area contributed by atoms with Crippen molar-refractivity contribution in [3.05, 3.63) is 42.5 Å². The predicted molar refractivity (Wildman–Crippen MR) is 103 cm³/mol. The van der Waals surface area contributed by atoms with E-state index in [1.165, 1.54) is 4.90 Å². The molecule has 156 valence electrons. The highest BCUT2D eigenvalue weighted by atomic mass is 19.4. The highest BCUT2D eigenvalue weighted by Crippen LogP contribution is 2.44. The fourth-order valence-corrected chi connectivity index (χ4v) is 3.55. The van der Waals surface area contributed by atoms with Crippen molar-refractivity contribution >= 4 is 17.5 Å². The quantitative estimate of drug-likeness (QED) is 0.511. The molecule has 1 saturated heterocycles. The Morgan fingerprint density at radius 2 is 1.50 bits per heavy atom. The number of rotatable bonds is 2. The standard InChI is InChI=1S/C18H21NO3.C2H3F3.CH4/c1-12-14(18(4)11-10-17(2,3)22-18)16(21)19(15(12)20)13-8-6-5-7-9-13;1-2(3,4)5;/h5-12,14H,1-4H3;1H3;1H4. The maximum atomic E-state index is 12.9. The number of para-hydroxylation sites is 1. The molecular formula is C21H28F3NO3. The molecule has 0 N–H and O–H groups in total. The van der Waals surface area contributed by atoms with Crippen LogP contribution in [0.15, 0.2) is 42.5 Å². The minimum absolute atomic E-state index is 0. The SMILES string of the molecule is C.CC(F)(F)F.CC1C(=O)N(c2ccccc2)C(=O)C1C1(C)C=CC(C)(C)O1. The number of carbonyl (C=O) groups excluding carboxylic acids is 2. The maximum absolute atomic E-state index is 12.9. The zero-order chi connectivity index (χ0) is 20.6. The fourth-order valence-electron chi connectivity index (χ4n) is 3.55. The van der Waals surface area contributed by atoms with Crippen molar-refractivity contribution in [1.29, 1.82) is 0 Å². The number of carbonyl (C=O) groups is 2. The van der Waals surface area contributed by atoms with Gasteiger partial charge in [0.25, 0.3) is 0 Å². The van der Waals surface area contributed by atoms with Crippen molar-refractivity contribution in [1.82, 2.24) is 0 Å². The van der Waals surface area contributed by atoms with Crippen LogP contribution in [0.25, 0.3) is 0 Å². The van der Waals surface area contributed by atoms with Gasteiger partial charge in [-0.1, -0.05) is 44.7 Å². The number of nitrogens with zero attached hydrogens (tertiary/aromatic N) is 1. The molecule has 7 heteroatoms. The highest BCUT2D eigenvalue weighted by Gasteiger charge is 2.56. The van der Waals surface area contributed by atoms with Crippen molar-refractivity contribution < 1.29 is 27.5 Å². The Labute approximate surface area is 164 Å². The smallest absolute Gasteiger partial charge is 0.360 e. The minimum atomic E-state index is -4.00. The number of anilines is 1. The number of amides is 2. The monoisotopic (exact) mass is 399 g/mol. The summed E-state index contributed by atoms with van der Waals surface area (Å²) in [5.41, 5.74) is -0.548. The fraction of sp³-hybridized carbons (Fsp3) is 0.524. The number of imide groups is 1. The van der Waals surface area contributed by atoms with E-state index in [1.54, 1.807) is 12.1 Å². The molecule has 0 spiro atoms. The normalized spacial score (nSPS) is 28.6. The summed E-state index contributed by atoms with van der Waals surface area (Å²) in [4.78, 5) is 26.8. The lowest BCUT2D eigenvalue weighted by Gasteiger charge is -2.33. The Morgan fingerprint density at radius 3 is 1.93 bits per heavy atom. The average Bonchev–Trinajstić information content (AvgIpc) is 2.92. The van der Waals surface area contributed by atoms with Crippen LogP contribution in [-0.2, 0) is 14.3 Å². The molecular weight excluding hydrogens is 371 g/mol. The van der Waals surface area contributed by atoms with Gasteiger partial charge in [-0.2, -0.15) is 13.2 Å². The summed E-state index contributed by atoms with van der Waals surface area (Å²) in [7, 11) is 0. The van der Waals surface area contributed by atoms with Crippen LogP contribution in [0, 0.1) is 11.8 Å².